The van der Waals surface area contributed by atoms with E-state index < -0.39 is 16.6 Å². The summed E-state index contributed by atoms with van der Waals surface area (Å²) in [5, 5.41) is 0. The Balaban J connectivity index is 2.12. The number of ether oxygens (including phenoxy) is 2. The molecular formula is C17H19F2NO4S. The van der Waals surface area contributed by atoms with E-state index >= 15 is 0 Å². The molecular weight excluding hydrogens is 352 g/mol. The van der Waals surface area contributed by atoms with Crippen LogP contribution in [0.5, 0.6) is 11.5 Å². The van der Waals surface area contributed by atoms with Gasteiger partial charge in [-0.2, -0.15) is 8.78 Å². The molecule has 0 saturated heterocycles. The Labute approximate surface area is 145 Å². The number of alkyl halides is 2. The third kappa shape index (κ3) is 5.40. The smallest absolute Gasteiger partial charge is 0.387 e. The van der Waals surface area contributed by atoms with Gasteiger partial charge in [-0.1, -0.05) is 36.4 Å². The molecule has 0 atom stereocenters. The van der Waals surface area contributed by atoms with E-state index in [0.717, 1.165) is 0 Å². The molecule has 2 aromatic carbocycles. The summed E-state index contributed by atoms with van der Waals surface area (Å²) >= 11 is 0. The molecule has 0 spiro atoms. The maximum absolute atomic E-state index is 12.4. The molecule has 0 aromatic heterocycles. The average Bonchev–Trinajstić information content (AvgIpc) is 2.56. The van der Waals surface area contributed by atoms with Crippen molar-refractivity contribution >= 4 is 10.0 Å². The lowest BCUT2D eigenvalue weighted by molar-refractivity contribution is -0.0512. The molecule has 0 saturated carbocycles. The molecule has 0 aliphatic carbocycles. The van der Waals surface area contributed by atoms with Crippen LogP contribution in [0.4, 0.5) is 8.78 Å². The third-order valence-electron chi connectivity index (χ3n) is 3.52. The quantitative estimate of drug-likeness (QED) is 0.715. The summed E-state index contributed by atoms with van der Waals surface area (Å²) in [5.41, 5.74) is 1.28. The van der Waals surface area contributed by atoms with Gasteiger partial charge in [0.15, 0.2) is 11.5 Å². The zero-order chi connectivity index (χ0) is 18.4. The van der Waals surface area contributed by atoms with Crippen LogP contribution >= 0.6 is 0 Å². The summed E-state index contributed by atoms with van der Waals surface area (Å²) in [6, 6.07) is 13.2. The molecule has 0 aliphatic rings. The van der Waals surface area contributed by atoms with Crippen LogP contribution in [0.2, 0.25) is 0 Å². The highest BCUT2D eigenvalue weighted by Crippen LogP contribution is 2.30. The fourth-order valence-electron chi connectivity index (χ4n) is 2.25. The molecule has 2 rings (SSSR count). The second kappa shape index (κ2) is 8.26. The largest absolute Gasteiger partial charge is 0.493 e. The summed E-state index contributed by atoms with van der Waals surface area (Å²) in [4.78, 5) is 0. The van der Waals surface area contributed by atoms with Gasteiger partial charge in [-0.05, 0) is 23.3 Å². The first-order chi connectivity index (χ1) is 11.8. The zero-order valence-corrected chi connectivity index (χ0v) is 14.7. The molecule has 0 radical (unpaired) electrons. The van der Waals surface area contributed by atoms with Crippen molar-refractivity contribution in [1.82, 2.24) is 4.31 Å². The summed E-state index contributed by atoms with van der Waals surface area (Å²) < 4.78 is 60.2. The van der Waals surface area contributed by atoms with Gasteiger partial charge in [-0.3, -0.25) is 0 Å². The van der Waals surface area contributed by atoms with Gasteiger partial charge >= 0.3 is 6.61 Å². The molecule has 0 bridgehead atoms. The molecule has 0 aliphatic heterocycles. The Morgan fingerprint density at radius 2 is 1.72 bits per heavy atom. The predicted molar refractivity (Wildman–Crippen MR) is 90.2 cm³/mol. The number of methoxy groups -OCH3 is 1. The van der Waals surface area contributed by atoms with Gasteiger partial charge in [-0.25, -0.2) is 12.7 Å². The molecule has 0 fully saturated rings. The first kappa shape index (κ1) is 19.1. The summed E-state index contributed by atoms with van der Waals surface area (Å²) in [6.07, 6.45) is 0. The van der Waals surface area contributed by atoms with Crippen LogP contribution in [0.1, 0.15) is 11.1 Å². The van der Waals surface area contributed by atoms with Crippen molar-refractivity contribution in [3.8, 4) is 11.5 Å². The molecule has 0 amide bonds. The van der Waals surface area contributed by atoms with Crippen molar-refractivity contribution in [2.45, 2.75) is 18.9 Å². The predicted octanol–water partition coefficient (Wildman–Crippen LogP) is 3.26. The van der Waals surface area contributed by atoms with E-state index in [2.05, 4.69) is 4.74 Å². The summed E-state index contributed by atoms with van der Waals surface area (Å²) in [6.45, 7) is -2.88. The van der Waals surface area contributed by atoms with Crippen LogP contribution in [0.3, 0.4) is 0 Å². The molecule has 0 N–H and O–H groups in total. The van der Waals surface area contributed by atoms with Crippen LogP contribution in [-0.4, -0.2) is 33.5 Å². The van der Waals surface area contributed by atoms with Crippen molar-refractivity contribution in [2.24, 2.45) is 0 Å². The number of benzene rings is 2. The lowest BCUT2D eigenvalue weighted by Crippen LogP contribution is -2.27. The van der Waals surface area contributed by atoms with Gasteiger partial charge < -0.3 is 9.47 Å². The molecule has 2 aromatic rings. The molecule has 0 heterocycles. The number of hydrogen-bond donors (Lipinski definition) is 0. The number of nitrogens with zero attached hydrogens (tertiary/aromatic N) is 1. The van der Waals surface area contributed by atoms with Crippen LogP contribution in [0.15, 0.2) is 48.5 Å². The van der Waals surface area contributed by atoms with Crippen molar-refractivity contribution < 1.29 is 26.7 Å². The standard InChI is InChI=1S/C17H19F2NO4S/c1-20(25(21,22)12-13-6-4-3-5-7-13)11-14-8-9-15(24-17(18)19)16(10-14)23-2/h3-10,17H,11-12H2,1-2H3. The topological polar surface area (TPSA) is 55.8 Å². The Bertz CT molecular complexity index is 798. The maximum Gasteiger partial charge on any atom is 0.387 e. The van der Waals surface area contributed by atoms with Crippen LogP contribution < -0.4 is 9.47 Å². The van der Waals surface area contributed by atoms with Gasteiger partial charge in [0.2, 0.25) is 10.0 Å². The van der Waals surface area contributed by atoms with E-state index in [4.69, 9.17) is 4.74 Å². The summed E-state index contributed by atoms with van der Waals surface area (Å²) in [7, 11) is -0.726. The van der Waals surface area contributed by atoms with Crippen molar-refractivity contribution in [1.29, 1.82) is 0 Å². The molecule has 136 valence electrons. The maximum atomic E-state index is 12.4. The van der Waals surface area contributed by atoms with Gasteiger partial charge in [0, 0.05) is 13.6 Å². The lowest BCUT2D eigenvalue weighted by Gasteiger charge is -2.18. The van der Waals surface area contributed by atoms with Crippen molar-refractivity contribution in [3.05, 3.63) is 59.7 Å². The van der Waals surface area contributed by atoms with Crippen LogP contribution in [0.25, 0.3) is 0 Å². The van der Waals surface area contributed by atoms with Crippen LogP contribution in [0, 0.1) is 0 Å². The highest BCUT2D eigenvalue weighted by molar-refractivity contribution is 7.88. The fraction of sp³-hybridized carbons (Fsp3) is 0.294. The normalized spacial score (nSPS) is 11.8. The minimum atomic E-state index is -3.52. The SMILES string of the molecule is COc1cc(CN(C)S(=O)(=O)Cc2ccccc2)ccc1OC(F)F. The van der Waals surface area contributed by atoms with E-state index in [9.17, 15) is 17.2 Å². The highest BCUT2D eigenvalue weighted by Gasteiger charge is 2.20. The van der Waals surface area contributed by atoms with Gasteiger partial charge in [0.1, 0.15) is 0 Å². The van der Waals surface area contributed by atoms with E-state index in [1.807, 2.05) is 6.07 Å². The average molecular weight is 371 g/mol. The Kier molecular flexibility index (Phi) is 6.33. The molecule has 25 heavy (non-hydrogen) atoms. The van der Waals surface area contributed by atoms with E-state index in [-0.39, 0.29) is 23.8 Å². The fourth-order valence-corrected chi connectivity index (χ4v) is 3.43. The number of halogens is 2. The second-order valence-electron chi connectivity index (χ2n) is 5.36. The summed E-state index contributed by atoms with van der Waals surface area (Å²) in [5.74, 6) is -0.101. The zero-order valence-electron chi connectivity index (χ0n) is 13.9. The van der Waals surface area contributed by atoms with Crippen molar-refractivity contribution in [2.75, 3.05) is 14.2 Å². The number of hydrogen-bond acceptors (Lipinski definition) is 4. The number of rotatable bonds is 8. The molecule has 5 nitrogen and oxygen atoms in total. The molecule has 0 unspecified atom stereocenters. The van der Waals surface area contributed by atoms with Crippen molar-refractivity contribution in [3.63, 3.8) is 0 Å². The lowest BCUT2D eigenvalue weighted by atomic mass is 10.2. The minimum absolute atomic E-state index is 0.0838. The van der Waals surface area contributed by atoms with Gasteiger partial charge in [0.05, 0.1) is 12.9 Å². The monoisotopic (exact) mass is 371 g/mol. The van der Waals surface area contributed by atoms with E-state index in [1.165, 1.54) is 36.7 Å². The first-order valence-electron chi connectivity index (χ1n) is 7.41. The Morgan fingerprint density at radius 3 is 2.32 bits per heavy atom. The second-order valence-corrected chi connectivity index (χ2v) is 7.44. The third-order valence-corrected chi connectivity index (χ3v) is 5.29. The van der Waals surface area contributed by atoms with Gasteiger partial charge in [-0.15, -0.1) is 0 Å². The van der Waals surface area contributed by atoms with Crippen LogP contribution in [-0.2, 0) is 22.3 Å². The van der Waals surface area contributed by atoms with E-state index in [1.54, 1.807) is 24.3 Å². The minimum Gasteiger partial charge on any atom is -0.493 e. The number of sulfonamides is 1. The van der Waals surface area contributed by atoms with Gasteiger partial charge in [0.25, 0.3) is 0 Å². The van der Waals surface area contributed by atoms with E-state index in [0.29, 0.717) is 11.1 Å². The Hall–Kier alpha value is -2.19. The first-order valence-corrected chi connectivity index (χ1v) is 9.02. The Morgan fingerprint density at radius 1 is 1.04 bits per heavy atom. The highest BCUT2D eigenvalue weighted by atomic mass is 32.2. The molecule has 8 heteroatoms.